The Hall–Kier alpha value is -2.34. The highest BCUT2D eigenvalue weighted by Gasteiger charge is 2.36. The first-order valence-electron chi connectivity index (χ1n) is 10.4. The number of halogens is 2. The van der Waals surface area contributed by atoms with E-state index < -0.39 is 0 Å². The second kappa shape index (κ2) is 9.03. The summed E-state index contributed by atoms with van der Waals surface area (Å²) in [5, 5.41) is 15.5. The maximum Gasteiger partial charge on any atom is 0.227 e. The van der Waals surface area contributed by atoms with Crippen LogP contribution in [0.3, 0.4) is 0 Å². The normalized spacial score (nSPS) is 18.2. The van der Waals surface area contributed by atoms with Crippen molar-refractivity contribution in [3.05, 3.63) is 75.5 Å². The zero-order valence-electron chi connectivity index (χ0n) is 17.6. The van der Waals surface area contributed by atoms with Gasteiger partial charge in [-0.1, -0.05) is 47.5 Å². The molecular weight excluding hydrogens is 433 g/mol. The Balaban J connectivity index is 1.69. The first-order chi connectivity index (χ1) is 14.9. The maximum absolute atomic E-state index is 13.3. The summed E-state index contributed by atoms with van der Waals surface area (Å²) in [6.45, 7) is 4.74. The van der Waals surface area contributed by atoms with Gasteiger partial charge in [0.2, 0.25) is 5.91 Å². The summed E-state index contributed by atoms with van der Waals surface area (Å²) in [4.78, 5) is 15.1. The number of benzene rings is 2. The van der Waals surface area contributed by atoms with Gasteiger partial charge in [0, 0.05) is 28.4 Å². The number of rotatable bonds is 5. The molecule has 2 aromatic carbocycles. The lowest BCUT2D eigenvalue weighted by Crippen LogP contribution is -2.49. The van der Waals surface area contributed by atoms with Crippen molar-refractivity contribution in [1.29, 1.82) is 0 Å². The Kier molecular flexibility index (Phi) is 6.37. The first kappa shape index (κ1) is 21.9. The summed E-state index contributed by atoms with van der Waals surface area (Å²) in [6.07, 6.45) is 4.57. The minimum Gasteiger partial charge on any atom is -0.394 e. The molecule has 7 heteroatoms. The standard InChI is InChI=1S/C24H25Cl2N3O2/c1-3-28-13-16(12-27-28)19-7-4-6-18-15(2)29(17(14-30)10-20(18)19)24(31)11-21-22(25)8-5-9-23(21)26/h4-9,12-13,15,17,30H,3,10-11,14H2,1-2H3/t15-,17+/m0/s1. The summed E-state index contributed by atoms with van der Waals surface area (Å²) in [7, 11) is 0. The fourth-order valence-electron chi connectivity index (χ4n) is 4.49. The number of nitrogens with zero attached hydrogens (tertiary/aromatic N) is 3. The van der Waals surface area contributed by atoms with Crippen LogP contribution in [0.1, 0.15) is 36.6 Å². The molecule has 1 N–H and O–H groups in total. The van der Waals surface area contributed by atoms with Crippen LogP contribution in [0.15, 0.2) is 48.8 Å². The fourth-order valence-corrected chi connectivity index (χ4v) is 5.02. The van der Waals surface area contributed by atoms with Gasteiger partial charge in [0.1, 0.15) is 0 Å². The molecule has 0 radical (unpaired) electrons. The van der Waals surface area contributed by atoms with Gasteiger partial charge in [-0.3, -0.25) is 9.48 Å². The van der Waals surface area contributed by atoms with E-state index in [0.717, 1.165) is 28.8 Å². The summed E-state index contributed by atoms with van der Waals surface area (Å²) < 4.78 is 1.90. The Labute approximate surface area is 192 Å². The molecule has 1 aliphatic rings. The molecule has 0 spiro atoms. The number of aryl methyl sites for hydroxylation is 1. The molecule has 0 aliphatic carbocycles. The van der Waals surface area contributed by atoms with Crippen molar-refractivity contribution >= 4 is 29.1 Å². The van der Waals surface area contributed by atoms with Gasteiger partial charge in [0.05, 0.1) is 31.3 Å². The molecule has 2 atom stereocenters. The van der Waals surface area contributed by atoms with Crippen molar-refractivity contribution in [3.8, 4) is 11.1 Å². The molecule has 31 heavy (non-hydrogen) atoms. The van der Waals surface area contributed by atoms with Crippen molar-refractivity contribution in [2.45, 2.75) is 45.3 Å². The van der Waals surface area contributed by atoms with Crippen LogP contribution in [0.5, 0.6) is 0 Å². The van der Waals surface area contributed by atoms with E-state index in [0.29, 0.717) is 22.0 Å². The van der Waals surface area contributed by atoms with Gasteiger partial charge in [-0.05, 0) is 54.7 Å². The van der Waals surface area contributed by atoms with Gasteiger partial charge in [-0.15, -0.1) is 0 Å². The van der Waals surface area contributed by atoms with Gasteiger partial charge in [0.15, 0.2) is 0 Å². The monoisotopic (exact) mass is 457 g/mol. The maximum atomic E-state index is 13.3. The highest BCUT2D eigenvalue weighted by atomic mass is 35.5. The smallest absolute Gasteiger partial charge is 0.227 e. The van der Waals surface area contributed by atoms with Crippen molar-refractivity contribution in [2.24, 2.45) is 0 Å². The Morgan fingerprint density at radius 1 is 1.19 bits per heavy atom. The Morgan fingerprint density at radius 2 is 1.90 bits per heavy atom. The van der Waals surface area contributed by atoms with Crippen LogP contribution in [0.4, 0.5) is 0 Å². The second-order valence-electron chi connectivity index (χ2n) is 7.85. The minimum atomic E-state index is -0.321. The third-order valence-corrected chi connectivity index (χ3v) is 6.78. The lowest BCUT2D eigenvalue weighted by molar-refractivity contribution is -0.137. The number of hydrogen-bond acceptors (Lipinski definition) is 3. The summed E-state index contributed by atoms with van der Waals surface area (Å²) >= 11 is 12.6. The fraction of sp³-hybridized carbons (Fsp3) is 0.333. The molecule has 3 aromatic rings. The molecule has 2 heterocycles. The van der Waals surface area contributed by atoms with Crippen LogP contribution >= 0.6 is 23.2 Å². The molecule has 0 unspecified atom stereocenters. The zero-order chi connectivity index (χ0) is 22.1. The predicted molar refractivity (Wildman–Crippen MR) is 123 cm³/mol. The van der Waals surface area contributed by atoms with E-state index in [2.05, 4.69) is 24.2 Å². The summed E-state index contributed by atoms with van der Waals surface area (Å²) in [5.74, 6) is -0.101. The number of fused-ring (bicyclic) bond motifs is 1. The molecular formula is C24H25Cl2N3O2. The number of carbonyl (C=O) groups is 1. The van der Waals surface area contributed by atoms with Crippen molar-refractivity contribution in [1.82, 2.24) is 14.7 Å². The van der Waals surface area contributed by atoms with Crippen LogP contribution in [-0.2, 0) is 24.2 Å². The lowest BCUT2D eigenvalue weighted by atomic mass is 9.84. The largest absolute Gasteiger partial charge is 0.394 e. The molecule has 4 rings (SSSR count). The van der Waals surface area contributed by atoms with E-state index >= 15 is 0 Å². The van der Waals surface area contributed by atoms with E-state index in [1.807, 2.05) is 30.1 Å². The van der Waals surface area contributed by atoms with Crippen molar-refractivity contribution in [2.75, 3.05) is 6.61 Å². The van der Waals surface area contributed by atoms with E-state index in [-0.39, 0.29) is 31.0 Å². The molecule has 0 saturated carbocycles. The third-order valence-electron chi connectivity index (χ3n) is 6.07. The average molecular weight is 458 g/mol. The predicted octanol–water partition coefficient (Wildman–Crippen LogP) is 4.93. The van der Waals surface area contributed by atoms with Gasteiger partial charge >= 0.3 is 0 Å². The molecule has 0 saturated heterocycles. The average Bonchev–Trinajstić information content (AvgIpc) is 3.25. The lowest BCUT2D eigenvalue weighted by Gasteiger charge is -2.42. The molecule has 162 valence electrons. The quantitative estimate of drug-likeness (QED) is 0.590. The highest BCUT2D eigenvalue weighted by molar-refractivity contribution is 6.36. The van der Waals surface area contributed by atoms with Crippen LogP contribution < -0.4 is 0 Å². The number of aromatic nitrogens is 2. The zero-order valence-corrected chi connectivity index (χ0v) is 19.1. The van der Waals surface area contributed by atoms with Gasteiger partial charge in [0.25, 0.3) is 0 Å². The molecule has 5 nitrogen and oxygen atoms in total. The number of aliphatic hydroxyl groups is 1. The number of carbonyl (C=O) groups excluding carboxylic acids is 1. The topological polar surface area (TPSA) is 58.4 Å². The van der Waals surface area contributed by atoms with E-state index in [1.54, 1.807) is 23.1 Å². The van der Waals surface area contributed by atoms with Crippen LogP contribution in [0.2, 0.25) is 10.0 Å². The molecule has 1 aliphatic heterocycles. The van der Waals surface area contributed by atoms with Crippen LogP contribution in [0.25, 0.3) is 11.1 Å². The number of aliphatic hydroxyl groups excluding tert-OH is 1. The minimum absolute atomic E-state index is 0.0949. The molecule has 1 aromatic heterocycles. The van der Waals surface area contributed by atoms with Crippen LogP contribution in [-0.4, -0.2) is 38.3 Å². The van der Waals surface area contributed by atoms with Crippen molar-refractivity contribution < 1.29 is 9.90 Å². The Bertz CT molecular complexity index is 1090. The summed E-state index contributed by atoms with van der Waals surface area (Å²) in [6, 6.07) is 10.9. The molecule has 0 fully saturated rings. The van der Waals surface area contributed by atoms with E-state index in [1.165, 1.54) is 0 Å². The highest BCUT2D eigenvalue weighted by Crippen LogP contribution is 2.39. The molecule has 1 amide bonds. The molecule has 0 bridgehead atoms. The van der Waals surface area contributed by atoms with Crippen LogP contribution in [0, 0.1) is 0 Å². The van der Waals surface area contributed by atoms with Gasteiger partial charge in [-0.2, -0.15) is 5.10 Å². The van der Waals surface area contributed by atoms with Gasteiger partial charge in [-0.25, -0.2) is 0 Å². The van der Waals surface area contributed by atoms with Gasteiger partial charge < -0.3 is 10.0 Å². The third kappa shape index (κ3) is 4.10. The summed E-state index contributed by atoms with van der Waals surface area (Å²) in [5.41, 5.74) is 5.01. The first-order valence-corrected chi connectivity index (χ1v) is 11.2. The van der Waals surface area contributed by atoms with E-state index in [9.17, 15) is 9.90 Å². The second-order valence-corrected chi connectivity index (χ2v) is 8.67. The number of hydrogen-bond donors (Lipinski definition) is 1. The van der Waals surface area contributed by atoms with Crippen molar-refractivity contribution in [3.63, 3.8) is 0 Å². The number of amides is 1. The SMILES string of the molecule is CCn1cc(-c2cccc3c2C[C@H](CO)N(C(=O)Cc2c(Cl)cccc2Cl)[C@H]3C)cn1. The van der Waals surface area contributed by atoms with E-state index in [4.69, 9.17) is 23.2 Å². The Morgan fingerprint density at radius 3 is 2.55 bits per heavy atom.